The topological polar surface area (TPSA) is 84.5 Å². The average molecular weight is 335 g/mol. The van der Waals surface area contributed by atoms with Gasteiger partial charge in [-0.1, -0.05) is 11.6 Å². The molecule has 1 amide bonds. The molecule has 0 aromatic heterocycles. The molecule has 0 heterocycles. The predicted octanol–water partition coefficient (Wildman–Crippen LogP) is 1.87. The summed E-state index contributed by atoms with van der Waals surface area (Å²) < 4.78 is 29.7. The Hall–Kier alpha value is -1.31. The van der Waals surface area contributed by atoms with Crippen molar-refractivity contribution in [3.63, 3.8) is 0 Å². The maximum absolute atomic E-state index is 11.9. The van der Waals surface area contributed by atoms with E-state index in [0.717, 1.165) is 6.26 Å². The fraction of sp³-hybridized carbons (Fsp3) is 0.462. The van der Waals surface area contributed by atoms with Gasteiger partial charge in [-0.15, -0.1) is 0 Å². The number of halogens is 1. The van der Waals surface area contributed by atoms with E-state index in [9.17, 15) is 13.2 Å². The van der Waals surface area contributed by atoms with Crippen molar-refractivity contribution in [2.24, 2.45) is 0 Å². The summed E-state index contributed by atoms with van der Waals surface area (Å²) in [4.78, 5) is 11.9. The van der Waals surface area contributed by atoms with Crippen LogP contribution in [0.5, 0.6) is 0 Å². The third-order valence-electron chi connectivity index (χ3n) is 2.47. The van der Waals surface area contributed by atoms with Crippen LogP contribution in [0.15, 0.2) is 18.2 Å². The van der Waals surface area contributed by atoms with Gasteiger partial charge in [0.25, 0.3) is 5.91 Å². The van der Waals surface area contributed by atoms with Gasteiger partial charge >= 0.3 is 0 Å². The molecule has 0 spiro atoms. The first kappa shape index (κ1) is 17.7. The van der Waals surface area contributed by atoms with Crippen LogP contribution in [-0.2, 0) is 14.8 Å². The van der Waals surface area contributed by atoms with Crippen molar-refractivity contribution in [2.45, 2.75) is 13.3 Å². The molecule has 0 saturated heterocycles. The Morgan fingerprint density at radius 1 is 1.38 bits per heavy atom. The lowest BCUT2D eigenvalue weighted by Crippen LogP contribution is -2.25. The van der Waals surface area contributed by atoms with E-state index < -0.39 is 10.0 Å². The lowest BCUT2D eigenvalue weighted by atomic mass is 10.2. The first-order valence-corrected chi connectivity index (χ1v) is 8.73. The summed E-state index contributed by atoms with van der Waals surface area (Å²) in [6.45, 7) is 3.62. The van der Waals surface area contributed by atoms with Crippen LogP contribution in [0.3, 0.4) is 0 Å². The van der Waals surface area contributed by atoms with E-state index in [4.69, 9.17) is 16.3 Å². The molecule has 118 valence electrons. The van der Waals surface area contributed by atoms with Crippen LogP contribution in [-0.4, -0.2) is 40.3 Å². The fourth-order valence-electron chi connectivity index (χ4n) is 1.59. The van der Waals surface area contributed by atoms with Crippen LogP contribution in [0, 0.1) is 0 Å². The minimum Gasteiger partial charge on any atom is -0.382 e. The van der Waals surface area contributed by atoms with Crippen LogP contribution >= 0.6 is 11.6 Å². The minimum absolute atomic E-state index is 0.186. The summed E-state index contributed by atoms with van der Waals surface area (Å²) in [5.74, 6) is -0.303. The molecule has 0 aliphatic carbocycles. The highest BCUT2D eigenvalue weighted by Gasteiger charge is 2.11. The van der Waals surface area contributed by atoms with E-state index in [2.05, 4.69) is 10.0 Å². The molecule has 8 heteroatoms. The maximum atomic E-state index is 11.9. The van der Waals surface area contributed by atoms with Crippen molar-refractivity contribution in [3.05, 3.63) is 28.8 Å². The van der Waals surface area contributed by atoms with Crippen LogP contribution in [0.4, 0.5) is 5.69 Å². The van der Waals surface area contributed by atoms with E-state index in [-0.39, 0.29) is 10.9 Å². The van der Waals surface area contributed by atoms with Gasteiger partial charge in [0.15, 0.2) is 0 Å². The number of hydrogen-bond acceptors (Lipinski definition) is 4. The Bertz CT molecular complexity index is 590. The van der Waals surface area contributed by atoms with Crippen LogP contribution < -0.4 is 10.0 Å². The summed E-state index contributed by atoms with van der Waals surface area (Å²) >= 11 is 6.00. The summed E-state index contributed by atoms with van der Waals surface area (Å²) in [5.41, 5.74) is 0.613. The van der Waals surface area contributed by atoms with Gasteiger partial charge in [-0.2, -0.15) is 0 Å². The van der Waals surface area contributed by atoms with Crippen LogP contribution in [0.25, 0.3) is 0 Å². The smallest absolute Gasteiger partial charge is 0.252 e. The molecule has 0 radical (unpaired) electrons. The van der Waals surface area contributed by atoms with Gasteiger partial charge in [0.05, 0.1) is 16.8 Å². The Kier molecular flexibility index (Phi) is 6.94. The van der Waals surface area contributed by atoms with E-state index in [0.29, 0.717) is 37.4 Å². The monoisotopic (exact) mass is 334 g/mol. The summed E-state index contributed by atoms with van der Waals surface area (Å²) in [6, 6.07) is 4.37. The highest BCUT2D eigenvalue weighted by Crippen LogP contribution is 2.21. The van der Waals surface area contributed by atoms with Crippen molar-refractivity contribution in [3.8, 4) is 0 Å². The van der Waals surface area contributed by atoms with Gasteiger partial charge in [0, 0.05) is 25.4 Å². The molecule has 0 saturated carbocycles. The minimum atomic E-state index is -3.37. The molecular formula is C13H19ClN2O4S. The second-order valence-corrected chi connectivity index (χ2v) is 6.53. The van der Waals surface area contributed by atoms with Gasteiger partial charge in [0.1, 0.15) is 0 Å². The molecule has 1 rings (SSSR count). The number of amides is 1. The number of hydrogen-bond donors (Lipinski definition) is 2. The zero-order valence-electron chi connectivity index (χ0n) is 12.0. The number of sulfonamides is 1. The van der Waals surface area contributed by atoms with Crippen molar-refractivity contribution < 1.29 is 17.9 Å². The number of benzene rings is 1. The molecule has 0 aliphatic rings. The van der Waals surface area contributed by atoms with Gasteiger partial charge in [0.2, 0.25) is 10.0 Å². The zero-order chi connectivity index (χ0) is 15.9. The maximum Gasteiger partial charge on any atom is 0.252 e. The third kappa shape index (κ3) is 6.79. The molecule has 6 nitrogen and oxygen atoms in total. The quantitative estimate of drug-likeness (QED) is 0.711. The average Bonchev–Trinajstić information content (AvgIpc) is 2.36. The van der Waals surface area contributed by atoms with Crippen LogP contribution in [0.1, 0.15) is 23.7 Å². The first-order valence-electron chi connectivity index (χ1n) is 6.46. The second kappa shape index (κ2) is 8.21. The molecule has 2 N–H and O–H groups in total. The summed E-state index contributed by atoms with van der Waals surface area (Å²) in [5, 5.41) is 2.91. The highest BCUT2D eigenvalue weighted by molar-refractivity contribution is 7.92. The Balaban J connectivity index is 2.61. The standard InChI is InChI=1S/C13H19ClN2O4S/c1-3-20-8-4-7-15-13(17)11-6-5-10(9-12(11)14)16-21(2,18)19/h5-6,9,16H,3-4,7-8H2,1-2H3,(H,15,17). The van der Waals surface area contributed by atoms with E-state index in [1.54, 1.807) is 0 Å². The Morgan fingerprint density at radius 2 is 2.10 bits per heavy atom. The predicted molar refractivity (Wildman–Crippen MR) is 83.4 cm³/mol. The Labute approximate surface area is 129 Å². The fourth-order valence-corrected chi connectivity index (χ4v) is 2.41. The molecule has 21 heavy (non-hydrogen) atoms. The second-order valence-electron chi connectivity index (χ2n) is 4.38. The summed E-state index contributed by atoms with van der Waals surface area (Å²) in [6.07, 6.45) is 1.75. The zero-order valence-corrected chi connectivity index (χ0v) is 13.6. The number of carbonyl (C=O) groups is 1. The number of anilines is 1. The van der Waals surface area contributed by atoms with Crippen LogP contribution in [0.2, 0.25) is 5.02 Å². The summed E-state index contributed by atoms with van der Waals surface area (Å²) in [7, 11) is -3.37. The number of nitrogens with one attached hydrogen (secondary N) is 2. The largest absolute Gasteiger partial charge is 0.382 e. The number of carbonyl (C=O) groups excluding carboxylic acids is 1. The van der Waals surface area contributed by atoms with E-state index >= 15 is 0 Å². The van der Waals surface area contributed by atoms with E-state index in [1.807, 2.05) is 6.92 Å². The van der Waals surface area contributed by atoms with Gasteiger partial charge < -0.3 is 10.1 Å². The SMILES string of the molecule is CCOCCCNC(=O)c1ccc(NS(C)(=O)=O)cc1Cl. The molecule has 0 fully saturated rings. The molecular weight excluding hydrogens is 316 g/mol. The molecule has 1 aromatic carbocycles. The normalized spacial score (nSPS) is 11.2. The lowest BCUT2D eigenvalue weighted by Gasteiger charge is -2.09. The number of rotatable bonds is 8. The van der Waals surface area contributed by atoms with Crippen molar-refractivity contribution in [1.82, 2.24) is 5.32 Å². The first-order chi connectivity index (χ1) is 9.83. The third-order valence-corrected chi connectivity index (χ3v) is 3.39. The molecule has 0 aliphatic heterocycles. The molecule has 1 aromatic rings. The van der Waals surface area contributed by atoms with Gasteiger partial charge in [-0.25, -0.2) is 8.42 Å². The molecule has 0 bridgehead atoms. The van der Waals surface area contributed by atoms with Gasteiger partial charge in [-0.05, 0) is 31.5 Å². The van der Waals surface area contributed by atoms with Crippen molar-refractivity contribution in [1.29, 1.82) is 0 Å². The Morgan fingerprint density at radius 3 is 2.67 bits per heavy atom. The molecule has 0 unspecified atom stereocenters. The van der Waals surface area contributed by atoms with Gasteiger partial charge in [-0.3, -0.25) is 9.52 Å². The number of ether oxygens (including phenoxy) is 1. The van der Waals surface area contributed by atoms with Crippen molar-refractivity contribution in [2.75, 3.05) is 30.7 Å². The van der Waals surface area contributed by atoms with E-state index in [1.165, 1.54) is 18.2 Å². The highest BCUT2D eigenvalue weighted by atomic mass is 35.5. The molecule has 0 atom stereocenters. The lowest BCUT2D eigenvalue weighted by molar-refractivity contribution is 0.0944. The van der Waals surface area contributed by atoms with Crippen molar-refractivity contribution >= 4 is 33.2 Å².